The number of carbonyl (C=O) groups is 1. The van der Waals surface area contributed by atoms with Gasteiger partial charge >= 0.3 is 5.97 Å². The molecule has 0 unspecified atom stereocenters. The molecule has 0 aliphatic heterocycles. The lowest BCUT2D eigenvalue weighted by Crippen LogP contribution is -2.28. The Balaban J connectivity index is 1.94. The summed E-state index contributed by atoms with van der Waals surface area (Å²) in [6.45, 7) is 5.75. The maximum absolute atomic E-state index is 10.7. The van der Waals surface area contributed by atoms with Gasteiger partial charge in [0.15, 0.2) is 0 Å². The van der Waals surface area contributed by atoms with Crippen molar-refractivity contribution in [3.8, 4) is 0 Å². The number of rotatable bonds is 9. The molecule has 1 saturated carbocycles. The molecule has 0 radical (unpaired) electrons. The fourth-order valence-electron chi connectivity index (χ4n) is 2.61. The molecular formula is C15H25N3O2. The zero-order chi connectivity index (χ0) is 14.5. The van der Waals surface area contributed by atoms with Gasteiger partial charge in [-0.2, -0.15) is 5.10 Å². The van der Waals surface area contributed by atoms with E-state index in [1.807, 2.05) is 0 Å². The maximum Gasteiger partial charge on any atom is 0.304 e. The molecule has 1 fully saturated rings. The summed E-state index contributed by atoms with van der Waals surface area (Å²) in [6, 6.07) is 3.10. The molecule has 0 spiro atoms. The highest BCUT2D eigenvalue weighted by molar-refractivity contribution is 5.66. The summed E-state index contributed by atoms with van der Waals surface area (Å²) in [7, 11) is 0. The molecule has 0 aromatic carbocycles. The van der Waals surface area contributed by atoms with Gasteiger partial charge in [0.25, 0.3) is 0 Å². The van der Waals surface area contributed by atoms with E-state index in [1.165, 1.54) is 12.8 Å². The van der Waals surface area contributed by atoms with Gasteiger partial charge < -0.3 is 5.11 Å². The SMILES string of the molecule is CCC(CC)n1ccc(CN(CCC(=O)O)C2CC2)n1. The maximum atomic E-state index is 10.7. The number of carboxylic acids is 1. The van der Waals surface area contributed by atoms with Gasteiger partial charge in [0.05, 0.1) is 18.2 Å². The molecule has 5 heteroatoms. The lowest BCUT2D eigenvalue weighted by molar-refractivity contribution is -0.137. The Hall–Kier alpha value is -1.36. The number of nitrogens with zero attached hydrogens (tertiary/aromatic N) is 3. The summed E-state index contributed by atoms with van der Waals surface area (Å²) in [4.78, 5) is 13.0. The molecule has 2 rings (SSSR count). The molecule has 1 heterocycles. The Morgan fingerprint density at radius 1 is 1.50 bits per heavy atom. The van der Waals surface area contributed by atoms with Crippen LogP contribution in [0, 0.1) is 0 Å². The van der Waals surface area contributed by atoms with Crippen LogP contribution in [-0.4, -0.2) is 38.3 Å². The van der Waals surface area contributed by atoms with Gasteiger partial charge in [0.2, 0.25) is 0 Å². The standard InChI is InChI=1S/C15H25N3O2/c1-3-13(4-2)18-10-7-12(16-18)11-17(14-5-6-14)9-8-15(19)20/h7,10,13-14H,3-6,8-9,11H2,1-2H3,(H,19,20). The largest absolute Gasteiger partial charge is 0.481 e. The predicted octanol–water partition coefficient (Wildman–Crippen LogP) is 2.68. The molecule has 1 N–H and O–H groups in total. The minimum Gasteiger partial charge on any atom is -0.481 e. The van der Waals surface area contributed by atoms with Crippen LogP contribution in [0.3, 0.4) is 0 Å². The molecule has 1 aliphatic carbocycles. The number of aliphatic carboxylic acids is 1. The highest BCUT2D eigenvalue weighted by Crippen LogP contribution is 2.28. The van der Waals surface area contributed by atoms with Gasteiger partial charge in [-0.25, -0.2) is 0 Å². The molecular weight excluding hydrogens is 254 g/mol. The van der Waals surface area contributed by atoms with E-state index in [2.05, 4.69) is 40.8 Å². The first-order valence-corrected chi connectivity index (χ1v) is 7.63. The van der Waals surface area contributed by atoms with Crippen LogP contribution in [0.4, 0.5) is 0 Å². The lowest BCUT2D eigenvalue weighted by atomic mass is 10.2. The summed E-state index contributed by atoms with van der Waals surface area (Å²) in [5.41, 5.74) is 1.05. The monoisotopic (exact) mass is 279 g/mol. The highest BCUT2D eigenvalue weighted by Gasteiger charge is 2.29. The molecule has 0 atom stereocenters. The first-order chi connectivity index (χ1) is 9.63. The second-order valence-corrected chi connectivity index (χ2v) is 5.60. The third kappa shape index (κ3) is 4.07. The van der Waals surface area contributed by atoms with E-state index in [0.717, 1.165) is 25.1 Å². The van der Waals surface area contributed by atoms with Crippen LogP contribution in [0.5, 0.6) is 0 Å². The fourth-order valence-corrected chi connectivity index (χ4v) is 2.61. The van der Waals surface area contributed by atoms with E-state index in [0.29, 0.717) is 18.6 Å². The Kier molecular flexibility index (Phi) is 5.17. The van der Waals surface area contributed by atoms with Crippen LogP contribution in [0.2, 0.25) is 0 Å². The second kappa shape index (κ2) is 6.88. The van der Waals surface area contributed by atoms with E-state index in [1.54, 1.807) is 0 Å². The molecule has 1 aromatic heterocycles. The number of hydrogen-bond acceptors (Lipinski definition) is 3. The van der Waals surface area contributed by atoms with Gasteiger partial charge in [-0.3, -0.25) is 14.4 Å². The van der Waals surface area contributed by atoms with Crippen LogP contribution >= 0.6 is 0 Å². The Bertz CT molecular complexity index is 436. The summed E-state index contributed by atoms with van der Waals surface area (Å²) in [5.74, 6) is -0.724. The van der Waals surface area contributed by atoms with Crippen molar-refractivity contribution < 1.29 is 9.90 Å². The van der Waals surface area contributed by atoms with Gasteiger partial charge in [0.1, 0.15) is 0 Å². The van der Waals surface area contributed by atoms with Crippen LogP contribution < -0.4 is 0 Å². The number of hydrogen-bond donors (Lipinski definition) is 1. The summed E-state index contributed by atoms with van der Waals surface area (Å²) in [6.07, 6.45) is 6.81. The zero-order valence-electron chi connectivity index (χ0n) is 12.5. The molecule has 5 nitrogen and oxygen atoms in total. The van der Waals surface area contributed by atoms with Crippen molar-refractivity contribution in [1.82, 2.24) is 14.7 Å². The second-order valence-electron chi connectivity index (χ2n) is 5.60. The molecule has 20 heavy (non-hydrogen) atoms. The third-order valence-corrected chi connectivity index (χ3v) is 4.02. The minimum absolute atomic E-state index is 0.212. The van der Waals surface area contributed by atoms with Crippen LogP contribution in [0.25, 0.3) is 0 Å². The van der Waals surface area contributed by atoms with Crippen molar-refractivity contribution in [3.05, 3.63) is 18.0 Å². The Morgan fingerprint density at radius 2 is 2.20 bits per heavy atom. The Labute approximate surface area is 120 Å². The van der Waals surface area contributed by atoms with Crippen molar-refractivity contribution in [3.63, 3.8) is 0 Å². The third-order valence-electron chi connectivity index (χ3n) is 4.02. The molecule has 1 aromatic rings. The fraction of sp³-hybridized carbons (Fsp3) is 0.733. The highest BCUT2D eigenvalue weighted by atomic mass is 16.4. The van der Waals surface area contributed by atoms with Gasteiger partial charge in [0, 0.05) is 25.3 Å². The minimum atomic E-state index is -0.724. The van der Waals surface area contributed by atoms with E-state index < -0.39 is 5.97 Å². The van der Waals surface area contributed by atoms with E-state index >= 15 is 0 Å². The molecule has 1 aliphatic rings. The van der Waals surface area contributed by atoms with Crippen molar-refractivity contribution in [2.24, 2.45) is 0 Å². The average molecular weight is 279 g/mol. The van der Waals surface area contributed by atoms with E-state index in [9.17, 15) is 4.79 Å². The summed E-state index contributed by atoms with van der Waals surface area (Å²) >= 11 is 0. The first kappa shape index (κ1) is 15.0. The smallest absolute Gasteiger partial charge is 0.304 e. The topological polar surface area (TPSA) is 58.4 Å². The van der Waals surface area contributed by atoms with Crippen LogP contribution in [-0.2, 0) is 11.3 Å². The number of aromatic nitrogens is 2. The molecule has 0 bridgehead atoms. The zero-order valence-corrected chi connectivity index (χ0v) is 12.5. The van der Waals surface area contributed by atoms with Crippen LogP contribution in [0.15, 0.2) is 12.3 Å². The lowest BCUT2D eigenvalue weighted by Gasteiger charge is -2.20. The van der Waals surface area contributed by atoms with Gasteiger partial charge in [-0.05, 0) is 31.7 Å². The predicted molar refractivity (Wildman–Crippen MR) is 77.5 cm³/mol. The van der Waals surface area contributed by atoms with Crippen molar-refractivity contribution >= 4 is 5.97 Å². The van der Waals surface area contributed by atoms with E-state index in [-0.39, 0.29) is 6.42 Å². The van der Waals surface area contributed by atoms with Gasteiger partial charge in [-0.15, -0.1) is 0 Å². The summed E-state index contributed by atoms with van der Waals surface area (Å²) in [5, 5.41) is 13.5. The van der Waals surface area contributed by atoms with Crippen molar-refractivity contribution in [2.45, 2.75) is 64.6 Å². The molecule has 0 amide bonds. The molecule has 0 saturated heterocycles. The van der Waals surface area contributed by atoms with Crippen LogP contribution in [0.1, 0.15) is 57.7 Å². The van der Waals surface area contributed by atoms with Gasteiger partial charge in [-0.1, -0.05) is 13.8 Å². The summed E-state index contributed by atoms with van der Waals surface area (Å²) < 4.78 is 2.05. The van der Waals surface area contributed by atoms with Crippen molar-refractivity contribution in [1.29, 1.82) is 0 Å². The normalized spacial score (nSPS) is 15.2. The number of carboxylic acid groups (broad SMARTS) is 1. The molecule has 112 valence electrons. The quantitative estimate of drug-likeness (QED) is 0.755. The van der Waals surface area contributed by atoms with E-state index in [4.69, 9.17) is 5.11 Å². The van der Waals surface area contributed by atoms with Crippen molar-refractivity contribution in [2.75, 3.05) is 6.54 Å². The average Bonchev–Trinajstić information content (AvgIpc) is 3.17. The Morgan fingerprint density at radius 3 is 2.75 bits per heavy atom. The first-order valence-electron chi connectivity index (χ1n) is 7.63.